The third-order valence-corrected chi connectivity index (χ3v) is 5.15. The van der Waals surface area contributed by atoms with E-state index in [-0.39, 0.29) is 18.4 Å². The largest absolute Gasteiger partial charge is 0.496 e. The lowest BCUT2D eigenvalue weighted by Crippen LogP contribution is -2.50. The summed E-state index contributed by atoms with van der Waals surface area (Å²) in [6.07, 6.45) is 0. The van der Waals surface area contributed by atoms with Crippen molar-refractivity contribution in [3.63, 3.8) is 0 Å². The van der Waals surface area contributed by atoms with Crippen LogP contribution in [0.5, 0.6) is 11.5 Å². The Balaban J connectivity index is 1.33. The molecule has 2 heterocycles. The van der Waals surface area contributed by atoms with Gasteiger partial charge in [-0.15, -0.1) is 0 Å². The van der Waals surface area contributed by atoms with Crippen molar-refractivity contribution < 1.29 is 18.8 Å². The monoisotopic (exact) mass is 433 g/mol. The average Bonchev–Trinajstić information content (AvgIpc) is 3.15. The first-order chi connectivity index (χ1) is 14.0. The molecular weight excluding hydrogens is 417 g/mol. The van der Waals surface area contributed by atoms with E-state index in [0.29, 0.717) is 46.3 Å². The number of hydrogen-bond acceptors (Lipinski definition) is 6. The van der Waals surface area contributed by atoms with E-state index < -0.39 is 0 Å². The van der Waals surface area contributed by atoms with Crippen LogP contribution in [0, 0.1) is 0 Å². The molecule has 1 saturated heterocycles. The molecule has 2 aromatic carbocycles. The molecule has 4 rings (SSSR count). The van der Waals surface area contributed by atoms with Crippen LogP contribution in [0.2, 0.25) is 10.0 Å². The fraction of sp³-hybridized carbons (Fsp3) is 0.250. The molecule has 0 aliphatic carbocycles. The predicted molar refractivity (Wildman–Crippen MR) is 108 cm³/mol. The number of nitrogens with zero attached hydrogens (tertiary/aromatic N) is 3. The number of methoxy groups -OCH3 is 1. The predicted octanol–water partition coefficient (Wildman–Crippen LogP) is 4.06. The topological polar surface area (TPSA) is 77.7 Å². The Bertz CT molecular complexity index is 1030. The number of rotatable bonds is 6. The lowest BCUT2D eigenvalue weighted by Gasteiger charge is -2.36. The van der Waals surface area contributed by atoms with Gasteiger partial charge in [0.1, 0.15) is 11.5 Å². The number of carbonyl (C=O) groups is 1. The van der Waals surface area contributed by atoms with Crippen LogP contribution in [0.25, 0.3) is 11.4 Å². The zero-order valence-electron chi connectivity index (χ0n) is 15.5. The van der Waals surface area contributed by atoms with E-state index in [1.165, 1.54) is 0 Å². The Morgan fingerprint density at radius 1 is 1.21 bits per heavy atom. The van der Waals surface area contributed by atoms with Crippen molar-refractivity contribution in [2.24, 2.45) is 0 Å². The fourth-order valence-electron chi connectivity index (χ4n) is 3.00. The molecule has 1 amide bonds. The first-order valence-corrected chi connectivity index (χ1v) is 9.63. The lowest BCUT2D eigenvalue weighted by molar-refractivity contribution is -0.138. The summed E-state index contributed by atoms with van der Waals surface area (Å²) in [7, 11) is 1.59. The van der Waals surface area contributed by atoms with Gasteiger partial charge in [-0.25, -0.2) is 0 Å². The number of ether oxygens (including phenoxy) is 2. The highest BCUT2D eigenvalue weighted by atomic mass is 35.5. The number of hydrogen-bond donors (Lipinski definition) is 0. The minimum atomic E-state index is -0.142. The van der Waals surface area contributed by atoms with Crippen molar-refractivity contribution in [1.29, 1.82) is 0 Å². The van der Waals surface area contributed by atoms with E-state index >= 15 is 0 Å². The third kappa shape index (κ3) is 4.16. The summed E-state index contributed by atoms with van der Waals surface area (Å²) in [6.45, 7) is 0.874. The molecule has 0 radical (unpaired) electrons. The average molecular weight is 434 g/mol. The standard InChI is InChI=1S/C20H17Cl2N3O4/c1-27-16-5-3-2-4-14(16)19-23-20(29-24-19)12-9-25(10-12)18(26)11-28-17-7-6-13(21)8-15(17)22/h2-8,12H,9-11H2,1H3. The number of aromatic nitrogens is 2. The summed E-state index contributed by atoms with van der Waals surface area (Å²) in [4.78, 5) is 18.4. The van der Waals surface area contributed by atoms with Gasteiger partial charge in [-0.05, 0) is 30.3 Å². The summed E-state index contributed by atoms with van der Waals surface area (Å²) in [6, 6.07) is 12.3. The van der Waals surface area contributed by atoms with Gasteiger partial charge in [0.15, 0.2) is 6.61 Å². The number of carbonyl (C=O) groups excluding carboxylic acids is 1. The molecule has 0 spiro atoms. The second-order valence-corrected chi connectivity index (χ2v) is 7.36. The Labute approximate surface area is 177 Å². The minimum absolute atomic E-state index is 0.00553. The highest BCUT2D eigenvalue weighted by Crippen LogP contribution is 2.31. The van der Waals surface area contributed by atoms with Gasteiger partial charge in [-0.1, -0.05) is 40.5 Å². The van der Waals surface area contributed by atoms with Gasteiger partial charge < -0.3 is 18.9 Å². The Morgan fingerprint density at radius 3 is 2.76 bits per heavy atom. The van der Waals surface area contributed by atoms with Crippen LogP contribution in [0.1, 0.15) is 11.8 Å². The minimum Gasteiger partial charge on any atom is -0.496 e. The summed E-state index contributed by atoms with van der Waals surface area (Å²) >= 11 is 11.9. The van der Waals surface area contributed by atoms with Gasteiger partial charge in [-0.2, -0.15) is 4.98 Å². The zero-order valence-corrected chi connectivity index (χ0v) is 17.0. The number of halogens is 2. The van der Waals surface area contributed by atoms with Crippen LogP contribution in [-0.2, 0) is 4.79 Å². The Hall–Kier alpha value is -2.77. The summed E-state index contributed by atoms with van der Waals surface area (Å²) in [5.74, 6) is 1.90. The number of amides is 1. The van der Waals surface area contributed by atoms with Crippen molar-refractivity contribution in [2.75, 3.05) is 26.8 Å². The maximum Gasteiger partial charge on any atom is 0.260 e. The van der Waals surface area contributed by atoms with Gasteiger partial charge >= 0.3 is 0 Å². The smallest absolute Gasteiger partial charge is 0.260 e. The van der Waals surface area contributed by atoms with E-state index in [4.69, 9.17) is 37.2 Å². The van der Waals surface area contributed by atoms with Crippen LogP contribution in [0.4, 0.5) is 0 Å². The molecule has 1 aromatic heterocycles. The molecule has 7 nitrogen and oxygen atoms in total. The molecule has 29 heavy (non-hydrogen) atoms. The second-order valence-electron chi connectivity index (χ2n) is 6.52. The van der Waals surface area contributed by atoms with E-state index in [9.17, 15) is 4.79 Å². The quantitative estimate of drug-likeness (QED) is 0.583. The molecule has 0 unspecified atom stereocenters. The first kappa shape index (κ1) is 19.5. The lowest BCUT2D eigenvalue weighted by atomic mass is 10.0. The highest BCUT2D eigenvalue weighted by Gasteiger charge is 2.36. The van der Waals surface area contributed by atoms with E-state index in [0.717, 1.165) is 5.56 Å². The van der Waals surface area contributed by atoms with Crippen LogP contribution in [0.3, 0.4) is 0 Å². The van der Waals surface area contributed by atoms with Crippen molar-refractivity contribution in [2.45, 2.75) is 5.92 Å². The van der Waals surface area contributed by atoms with Gasteiger partial charge in [-0.3, -0.25) is 4.79 Å². The Morgan fingerprint density at radius 2 is 2.00 bits per heavy atom. The maximum atomic E-state index is 12.3. The van der Waals surface area contributed by atoms with Crippen LogP contribution < -0.4 is 9.47 Å². The van der Waals surface area contributed by atoms with Crippen molar-refractivity contribution in [1.82, 2.24) is 15.0 Å². The highest BCUT2D eigenvalue weighted by molar-refractivity contribution is 6.35. The SMILES string of the molecule is COc1ccccc1-c1noc(C2CN(C(=O)COc3ccc(Cl)cc3Cl)C2)n1. The van der Waals surface area contributed by atoms with Crippen LogP contribution >= 0.6 is 23.2 Å². The van der Waals surface area contributed by atoms with Crippen LogP contribution in [-0.4, -0.2) is 47.8 Å². The molecule has 150 valence electrons. The maximum absolute atomic E-state index is 12.3. The zero-order chi connectivity index (χ0) is 20.4. The van der Waals surface area contributed by atoms with Gasteiger partial charge in [0, 0.05) is 18.1 Å². The summed E-state index contributed by atoms with van der Waals surface area (Å²) in [5, 5.41) is 4.91. The molecule has 0 N–H and O–H groups in total. The molecule has 0 saturated carbocycles. The molecule has 1 aliphatic rings. The number of likely N-dealkylation sites (tertiary alicyclic amines) is 1. The Kier molecular flexibility index (Phi) is 5.60. The van der Waals surface area contributed by atoms with E-state index in [1.54, 1.807) is 30.2 Å². The van der Waals surface area contributed by atoms with E-state index in [2.05, 4.69) is 10.1 Å². The molecule has 0 atom stereocenters. The summed E-state index contributed by atoms with van der Waals surface area (Å²) < 4.78 is 16.2. The fourth-order valence-corrected chi connectivity index (χ4v) is 3.46. The van der Waals surface area contributed by atoms with Crippen molar-refractivity contribution in [3.8, 4) is 22.9 Å². The van der Waals surface area contributed by atoms with Gasteiger partial charge in [0.05, 0.1) is 23.6 Å². The van der Waals surface area contributed by atoms with Gasteiger partial charge in [0.2, 0.25) is 11.7 Å². The van der Waals surface area contributed by atoms with Crippen molar-refractivity contribution in [3.05, 3.63) is 58.4 Å². The molecule has 9 heteroatoms. The number of para-hydroxylation sites is 1. The molecule has 0 bridgehead atoms. The summed E-state index contributed by atoms with van der Waals surface area (Å²) in [5.41, 5.74) is 0.755. The van der Waals surface area contributed by atoms with E-state index in [1.807, 2.05) is 24.3 Å². The molecular formula is C20H17Cl2N3O4. The first-order valence-electron chi connectivity index (χ1n) is 8.87. The van der Waals surface area contributed by atoms with Gasteiger partial charge in [0.25, 0.3) is 5.91 Å². The van der Waals surface area contributed by atoms with Crippen LogP contribution in [0.15, 0.2) is 47.0 Å². The van der Waals surface area contributed by atoms with Crippen molar-refractivity contribution >= 4 is 29.1 Å². The normalized spacial score (nSPS) is 13.8. The second kappa shape index (κ2) is 8.31. The number of benzene rings is 2. The third-order valence-electron chi connectivity index (χ3n) is 4.62. The molecule has 1 aliphatic heterocycles. The molecule has 3 aromatic rings. The molecule has 1 fully saturated rings.